The first-order valence-electron chi connectivity index (χ1n) is 10.9. The summed E-state index contributed by atoms with van der Waals surface area (Å²) < 4.78 is 0. The largest absolute Gasteiger partial charge is 2.00 e. The van der Waals surface area contributed by atoms with E-state index in [1.165, 1.54) is 0 Å². The van der Waals surface area contributed by atoms with Crippen LogP contribution in [0.5, 0.6) is 0 Å². The Kier molecular flexibility index (Phi) is 11.2. The molecule has 0 N–H and O–H groups in total. The molecule has 0 aromatic heterocycles. The van der Waals surface area contributed by atoms with Gasteiger partial charge in [-0.2, -0.15) is 0 Å². The standard InChI is InChI=1S/2C15H12O2.Co/c2*16-14(12-7-3-1-4-8-12)11-15(17)13-9-5-2-6-10-13;/h2*1-10H,11H2;/q;;+2. The molecule has 4 nitrogen and oxygen atoms in total. The molecular formula is C30H24CoO4+2. The van der Waals surface area contributed by atoms with Gasteiger partial charge in [0.05, 0.1) is 12.8 Å². The second kappa shape index (κ2) is 14.4. The molecule has 35 heavy (non-hydrogen) atoms. The average Bonchev–Trinajstić information content (AvgIpc) is 2.91. The van der Waals surface area contributed by atoms with E-state index in [4.69, 9.17) is 0 Å². The van der Waals surface area contributed by atoms with Crippen molar-refractivity contribution < 1.29 is 36.0 Å². The van der Waals surface area contributed by atoms with E-state index in [1.807, 2.05) is 24.3 Å². The van der Waals surface area contributed by atoms with E-state index in [0.717, 1.165) is 0 Å². The molecule has 0 fully saturated rings. The summed E-state index contributed by atoms with van der Waals surface area (Å²) in [5.41, 5.74) is 2.32. The normalized spacial score (nSPS) is 9.60. The predicted molar refractivity (Wildman–Crippen MR) is 132 cm³/mol. The van der Waals surface area contributed by atoms with Gasteiger partial charge in [0, 0.05) is 22.3 Å². The number of carbonyl (C=O) groups is 4. The Morgan fingerprint density at radius 3 is 0.686 bits per heavy atom. The number of carbonyl (C=O) groups excluding carboxylic acids is 4. The van der Waals surface area contributed by atoms with Crippen LogP contribution in [0.3, 0.4) is 0 Å². The fourth-order valence-electron chi connectivity index (χ4n) is 3.20. The van der Waals surface area contributed by atoms with Gasteiger partial charge in [0.1, 0.15) is 0 Å². The zero-order valence-corrected chi connectivity index (χ0v) is 20.0. The van der Waals surface area contributed by atoms with Gasteiger partial charge in [-0.15, -0.1) is 0 Å². The Morgan fingerprint density at radius 1 is 0.343 bits per heavy atom. The topological polar surface area (TPSA) is 68.3 Å². The summed E-state index contributed by atoms with van der Waals surface area (Å²) in [4.78, 5) is 47.2. The Bertz CT molecular complexity index is 1040. The zero-order valence-electron chi connectivity index (χ0n) is 18.9. The molecule has 0 unspecified atom stereocenters. The minimum atomic E-state index is -0.139. The average molecular weight is 507 g/mol. The van der Waals surface area contributed by atoms with Crippen LogP contribution in [-0.2, 0) is 16.8 Å². The molecule has 0 amide bonds. The molecule has 5 heteroatoms. The quantitative estimate of drug-likeness (QED) is 0.208. The van der Waals surface area contributed by atoms with E-state index in [-0.39, 0.29) is 52.8 Å². The first-order valence-corrected chi connectivity index (χ1v) is 10.9. The Hall–Kier alpha value is -3.93. The van der Waals surface area contributed by atoms with Gasteiger partial charge in [-0.1, -0.05) is 121 Å². The first-order chi connectivity index (χ1) is 16.5. The number of ketones is 4. The van der Waals surface area contributed by atoms with E-state index in [1.54, 1.807) is 97.1 Å². The molecule has 0 saturated heterocycles. The van der Waals surface area contributed by atoms with Crippen molar-refractivity contribution in [1.82, 2.24) is 0 Å². The van der Waals surface area contributed by atoms with Gasteiger partial charge in [0.25, 0.3) is 0 Å². The summed E-state index contributed by atoms with van der Waals surface area (Å²) in [6.45, 7) is 0. The summed E-state index contributed by atoms with van der Waals surface area (Å²) in [5.74, 6) is -0.558. The molecular weight excluding hydrogens is 483 g/mol. The minimum Gasteiger partial charge on any atom is -0.294 e. The van der Waals surface area contributed by atoms with Crippen LogP contribution in [0.25, 0.3) is 0 Å². The maximum Gasteiger partial charge on any atom is 2.00 e. The van der Waals surface area contributed by atoms with Crippen LogP contribution in [-0.4, -0.2) is 23.1 Å². The smallest absolute Gasteiger partial charge is 0.294 e. The zero-order chi connectivity index (χ0) is 24.2. The van der Waals surface area contributed by atoms with Crippen LogP contribution >= 0.6 is 0 Å². The maximum atomic E-state index is 11.8. The van der Waals surface area contributed by atoms with Crippen LogP contribution in [0.1, 0.15) is 54.3 Å². The van der Waals surface area contributed by atoms with Crippen molar-refractivity contribution in [1.29, 1.82) is 0 Å². The molecule has 0 aliphatic heterocycles. The van der Waals surface area contributed by atoms with E-state index in [2.05, 4.69) is 0 Å². The summed E-state index contributed by atoms with van der Waals surface area (Å²) in [5, 5.41) is 0. The SMILES string of the molecule is O=C(CC(=O)c1ccccc1)c1ccccc1.O=C(CC(=O)c1ccccc1)c1ccccc1.[Co+2]. The van der Waals surface area contributed by atoms with Gasteiger partial charge in [0.2, 0.25) is 0 Å². The molecule has 0 saturated carbocycles. The van der Waals surface area contributed by atoms with Gasteiger partial charge < -0.3 is 0 Å². The molecule has 0 heterocycles. The van der Waals surface area contributed by atoms with Crippen molar-refractivity contribution in [3.63, 3.8) is 0 Å². The van der Waals surface area contributed by atoms with Gasteiger partial charge in [-0.3, -0.25) is 19.2 Å². The number of hydrogen-bond donors (Lipinski definition) is 0. The van der Waals surface area contributed by atoms with Crippen molar-refractivity contribution in [3.8, 4) is 0 Å². The van der Waals surface area contributed by atoms with Gasteiger partial charge in [-0.05, 0) is 0 Å². The molecule has 0 aliphatic carbocycles. The van der Waals surface area contributed by atoms with Crippen LogP contribution in [0.2, 0.25) is 0 Å². The monoisotopic (exact) mass is 507 g/mol. The second-order valence-corrected chi connectivity index (χ2v) is 7.51. The fraction of sp³-hybridized carbons (Fsp3) is 0.0667. The summed E-state index contributed by atoms with van der Waals surface area (Å²) >= 11 is 0. The van der Waals surface area contributed by atoms with E-state index in [0.29, 0.717) is 22.3 Å². The van der Waals surface area contributed by atoms with Crippen LogP contribution in [0.4, 0.5) is 0 Å². The van der Waals surface area contributed by atoms with Crippen LogP contribution in [0.15, 0.2) is 121 Å². The predicted octanol–water partition coefficient (Wildman–Crippen LogP) is 6.28. The molecule has 0 atom stereocenters. The van der Waals surface area contributed by atoms with Crippen molar-refractivity contribution in [2.24, 2.45) is 0 Å². The van der Waals surface area contributed by atoms with Crippen molar-refractivity contribution in [2.75, 3.05) is 0 Å². The van der Waals surface area contributed by atoms with Gasteiger partial charge >= 0.3 is 16.8 Å². The second-order valence-electron chi connectivity index (χ2n) is 7.51. The Balaban J connectivity index is 0.000000240. The molecule has 0 aliphatic rings. The van der Waals surface area contributed by atoms with Crippen molar-refractivity contribution >= 4 is 23.1 Å². The van der Waals surface area contributed by atoms with Crippen molar-refractivity contribution in [3.05, 3.63) is 144 Å². The first kappa shape index (κ1) is 27.3. The Labute approximate surface area is 215 Å². The van der Waals surface area contributed by atoms with E-state index < -0.39 is 0 Å². The molecule has 0 spiro atoms. The van der Waals surface area contributed by atoms with E-state index in [9.17, 15) is 19.2 Å². The fourth-order valence-corrected chi connectivity index (χ4v) is 3.20. The molecule has 175 valence electrons. The van der Waals surface area contributed by atoms with Gasteiger partial charge in [-0.25, -0.2) is 0 Å². The molecule has 4 rings (SSSR count). The third kappa shape index (κ3) is 8.74. The number of benzene rings is 4. The third-order valence-corrected chi connectivity index (χ3v) is 5.03. The molecule has 4 aromatic carbocycles. The number of rotatable bonds is 8. The molecule has 0 bridgehead atoms. The van der Waals surface area contributed by atoms with Gasteiger partial charge in [0.15, 0.2) is 23.1 Å². The number of hydrogen-bond acceptors (Lipinski definition) is 4. The molecule has 4 aromatic rings. The van der Waals surface area contributed by atoms with Crippen LogP contribution in [0, 0.1) is 0 Å². The van der Waals surface area contributed by atoms with E-state index >= 15 is 0 Å². The maximum absolute atomic E-state index is 11.8. The summed E-state index contributed by atoms with van der Waals surface area (Å²) in [7, 11) is 0. The minimum absolute atomic E-state index is 0. The van der Waals surface area contributed by atoms with Crippen molar-refractivity contribution in [2.45, 2.75) is 12.8 Å². The third-order valence-electron chi connectivity index (χ3n) is 5.03. The molecule has 1 radical (unpaired) electrons. The summed E-state index contributed by atoms with van der Waals surface area (Å²) in [6, 6.07) is 35.5. The Morgan fingerprint density at radius 2 is 0.514 bits per heavy atom. The van der Waals surface area contributed by atoms with Crippen LogP contribution < -0.4 is 0 Å². The summed E-state index contributed by atoms with van der Waals surface area (Å²) in [6.07, 6.45) is -0.151. The number of Topliss-reactive ketones (excluding diaryl/α,β-unsaturated/α-hetero) is 4.